The zero-order chi connectivity index (χ0) is 13.1. The second-order valence-corrected chi connectivity index (χ2v) is 5.09. The fraction of sp³-hybridized carbons (Fsp3) is 0.615. The molecule has 100 valence electrons. The SMILES string of the molecule is CN1CCC(CN(C)c2ncc(F)cc2CO)C1. The molecule has 1 unspecified atom stereocenters. The van der Waals surface area contributed by atoms with E-state index in [0.29, 0.717) is 17.3 Å². The monoisotopic (exact) mass is 253 g/mol. The van der Waals surface area contributed by atoms with Crippen molar-refractivity contribution in [1.82, 2.24) is 9.88 Å². The van der Waals surface area contributed by atoms with Gasteiger partial charge in [0.25, 0.3) is 0 Å². The third-order valence-electron chi connectivity index (χ3n) is 3.46. The van der Waals surface area contributed by atoms with Gasteiger partial charge >= 0.3 is 0 Å². The number of nitrogens with zero attached hydrogens (tertiary/aromatic N) is 3. The van der Waals surface area contributed by atoms with Gasteiger partial charge in [-0.1, -0.05) is 0 Å². The van der Waals surface area contributed by atoms with Crippen molar-refractivity contribution in [2.24, 2.45) is 5.92 Å². The largest absolute Gasteiger partial charge is 0.392 e. The molecule has 0 aromatic carbocycles. The molecule has 1 atom stereocenters. The highest BCUT2D eigenvalue weighted by molar-refractivity contribution is 5.45. The molecule has 2 heterocycles. The maximum Gasteiger partial charge on any atom is 0.142 e. The van der Waals surface area contributed by atoms with Crippen molar-refractivity contribution in [3.8, 4) is 0 Å². The van der Waals surface area contributed by atoms with Gasteiger partial charge in [-0.3, -0.25) is 0 Å². The molecule has 1 saturated heterocycles. The van der Waals surface area contributed by atoms with E-state index in [0.717, 1.165) is 19.6 Å². The minimum absolute atomic E-state index is 0.186. The van der Waals surface area contributed by atoms with Gasteiger partial charge in [0.15, 0.2) is 0 Å². The van der Waals surface area contributed by atoms with E-state index in [-0.39, 0.29) is 6.61 Å². The highest BCUT2D eigenvalue weighted by Gasteiger charge is 2.22. The van der Waals surface area contributed by atoms with Crippen LogP contribution in [0.3, 0.4) is 0 Å². The maximum atomic E-state index is 13.1. The molecule has 0 aliphatic carbocycles. The van der Waals surface area contributed by atoms with Crippen LogP contribution < -0.4 is 4.90 Å². The smallest absolute Gasteiger partial charge is 0.142 e. The van der Waals surface area contributed by atoms with E-state index >= 15 is 0 Å². The lowest BCUT2D eigenvalue weighted by Gasteiger charge is -2.24. The first-order valence-electron chi connectivity index (χ1n) is 6.25. The predicted octanol–water partition coefficient (Wildman–Crippen LogP) is 1.10. The van der Waals surface area contributed by atoms with Crippen LogP contribution in [0.2, 0.25) is 0 Å². The fourth-order valence-electron chi connectivity index (χ4n) is 2.58. The van der Waals surface area contributed by atoms with Crippen molar-refractivity contribution in [1.29, 1.82) is 0 Å². The van der Waals surface area contributed by atoms with Gasteiger partial charge in [-0.25, -0.2) is 9.37 Å². The van der Waals surface area contributed by atoms with Crippen LogP contribution in [0.15, 0.2) is 12.3 Å². The Balaban J connectivity index is 2.06. The van der Waals surface area contributed by atoms with Gasteiger partial charge in [0.1, 0.15) is 11.6 Å². The van der Waals surface area contributed by atoms with Crippen LogP contribution in [0, 0.1) is 11.7 Å². The first-order valence-corrected chi connectivity index (χ1v) is 6.25. The summed E-state index contributed by atoms with van der Waals surface area (Å²) in [5.41, 5.74) is 0.545. The first-order chi connectivity index (χ1) is 8.60. The summed E-state index contributed by atoms with van der Waals surface area (Å²) < 4.78 is 13.1. The van der Waals surface area contributed by atoms with Crippen molar-refractivity contribution in [2.45, 2.75) is 13.0 Å². The average molecular weight is 253 g/mol. The molecule has 1 fully saturated rings. The van der Waals surface area contributed by atoms with Gasteiger partial charge in [0.05, 0.1) is 12.8 Å². The van der Waals surface area contributed by atoms with Crippen LogP contribution in [0.1, 0.15) is 12.0 Å². The summed E-state index contributed by atoms with van der Waals surface area (Å²) in [4.78, 5) is 8.41. The standard InChI is InChI=1S/C13H20FN3O/c1-16-4-3-10(7-16)8-17(2)13-11(9-18)5-12(14)6-15-13/h5-6,10,18H,3-4,7-9H2,1-2H3. The zero-order valence-electron chi connectivity index (χ0n) is 10.9. The Hall–Kier alpha value is -1.20. The number of hydrogen-bond acceptors (Lipinski definition) is 4. The second-order valence-electron chi connectivity index (χ2n) is 5.09. The highest BCUT2D eigenvalue weighted by Crippen LogP contribution is 2.21. The van der Waals surface area contributed by atoms with E-state index in [2.05, 4.69) is 16.9 Å². The van der Waals surface area contributed by atoms with Gasteiger partial charge in [0.2, 0.25) is 0 Å². The number of aromatic nitrogens is 1. The van der Waals surface area contributed by atoms with Crippen LogP contribution in [0.25, 0.3) is 0 Å². The van der Waals surface area contributed by atoms with Crippen LogP contribution in [-0.2, 0) is 6.61 Å². The number of hydrogen-bond donors (Lipinski definition) is 1. The molecule has 18 heavy (non-hydrogen) atoms. The summed E-state index contributed by atoms with van der Waals surface area (Å²) in [5.74, 6) is 0.878. The molecule has 5 heteroatoms. The van der Waals surface area contributed by atoms with Gasteiger partial charge < -0.3 is 14.9 Å². The van der Waals surface area contributed by atoms with Crippen molar-refractivity contribution in [2.75, 3.05) is 38.6 Å². The maximum absolute atomic E-state index is 13.1. The summed E-state index contributed by atoms with van der Waals surface area (Å²) in [5, 5.41) is 9.25. The molecule has 0 amide bonds. The minimum atomic E-state index is -0.406. The molecule has 0 radical (unpaired) electrons. The van der Waals surface area contributed by atoms with E-state index in [4.69, 9.17) is 0 Å². The predicted molar refractivity (Wildman–Crippen MR) is 69.0 cm³/mol. The Kier molecular flexibility index (Phi) is 4.14. The Morgan fingerprint density at radius 1 is 1.61 bits per heavy atom. The summed E-state index contributed by atoms with van der Waals surface area (Å²) in [6.45, 7) is 2.91. The molecular weight excluding hydrogens is 233 g/mol. The van der Waals surface area contributed by atoms with E-state index in [9.17, 15) is 9.50 Å². The van der Waals surface area contributed by atoms with Crippen LogP contribution in [0.5, 0.6) is 0 Å². The third kappa shape index (κ3) is 2.97. The van der Waals surface area contributed by atoms with E-state index in [1.807, 2.05) is 11.9 Å². The van der Waals surface area contributed by atoms with Crippen molar-refractivity contribution >= 4 is 5.82 Å². The van der Waals surface area contributed by atoms with Gasteiger partial charge in [-0.05, 0) is 32.0 Å². The molecule has 1 aliphatic rings. The lowest BCUT2D eigenvalue weighted by Crippen LogP contribution is -2.28. The number of anilines is 1. The third-order valence-corrected chi connectivity index (χ3v) is 3.46. The highest BCUT2D eigenvalue weighted by atomic mass is 19.1. The quantitative estimate of drug-likeness (QED) is 0.872. The fourth-order valence-corrected chi connectivity index (χ4v) is 2.58. The molecule has 0 spiro atoms. The Bertz CT molecular complexity index is 413. The van der Waals surface area contributed by atoms with Crippen molar-refractivity contribution in [3.63, 3.8) is 0 Å². The summed E-state index contributed by atoms with van der Waals surface area (Å²) >= 11 is 0. The van der Waals surface area contributed by atoms with E-state index in [1.165, 1.54) is 18.7 Å². The molecule has 4 nitrogen and oxygen atoms in total. The number of aliphatic hydroxyl groups is 1. The topological polar surface area (TPSA) is 39.6 Å². The van der Waals surface area contributed by atoms with Crippen molar-refractivity contribution in [3.05, 3.63) is 23.6 Å². The number of aliphatic hydroxyl groups excluding tert-OH is 1. The molecule has 1 aromatic rings. The second kappa shape index (κ2) is 5.63. The van der Waals surface area contributed by atoms with Crippen LogP contribution in [-0.4, -0.2) is 48.7 Å². The van der Waals surface area contributed by atoms with Gasteiger partial charge in [-0.15, -0.1) is 0 Å². The average Bonchev–Trinajstić information content (AvgIpc) is 2.74. The van der Waals surface area contributed by atoms with Gasteiger partial charge in [0, 0.05) is 25.7 Å². The van der Waals surface area contributed by atoms with E-state index in [1.54, 1.807) is 0 Å². The lowest BCUT2D eigenvalue weighted by atomic mass is 10.1. The van der Waals surface area contributed by atoms with Crippen LogP contribution >= 0.6 is 0 Å². The number of halogens is 1. The number of rotatable bonds is 4. The lowest BCUT2D eigenvalue weighted by molar-refractivity contribution is 0.281. The summed E-state index contributed by atoms with van der Waals surface area (Å²) in [7, 11) is 4.06. The summed E-state index contributed by atoms with van der Waals surface area (Å²) in [6, 6.07) is 1.35. The molecule has 0 bridgehead atoms. The first kappa shape index (κ1) is 13.2. The molecule has 1 aliphatic heterocycles. The van der Waals surface area contributed by atoms with Crippen molar-refractivity contribution < 1.29 is 9.50 Å². The molecule has 1 N–H and O–H groups in total. The molecule has 2 rings (SSSR count). The molecule has 1 aromatic heterocycles. The Morgan fingerprint density at radius 2 is 2.39 bits per heavy atom. The zero-order valence-corrected chi connectivity index (χ0v) is 10.9. The van der Waals surface area contributed by atoms with E-state index < -0.39 is 5.82 Å². The normalized spacial score (nSPS) is 20.3. The van der Waals surface area contributed by atoms with Gasteiger partial charge in [-0.2, -0.15) is 0 Å². The summed E-state index contributed by atoms with van der Waals surface area (Å²) in [6.07, 6.45) is 2.38. The van der Waals surface area contributed by atoms with Crippen LogP contribution in [0.4, 0.5) is 10.2 Å². The number of likely N-dealkylation sites (tertiary alicyclic amines) is 1. The number of pyridine rings is 1. The molecule has 0 saturated carbocycles. The Labute approximate surface area is 107 Å². The molecular formula is C13H20FN3O. The Morgan fingerprint density at radius 3 is 3.00 bits per heavy atom. The minimum Gasteiger partial charge on any atom is -0.392 e.